The van der Waals surface area contributed by atoms with Crippen molar-refractivity contribution in [1.82, 2.24) is 19.5 Å². The first kappa shape index (κ1) is 31.5. The lowest BCUT2D eigenvalue weighted by Crippen LogP contribution is -2.00. The molecule has 57 heavy (non-hydrogen) atoms. The minimum atomic E-state index is 0.588. The summed E-state index contributed by atoms with van der Waals surface area (Å²) in [7, 11) is 0. The summed E-state index contributed by atoms with van der Waals surface area (Å²) in [5.41, 5.74) is 11.7. The molecule has 0 aliphatic carbocycles. The molecule has 0 atom stereocenters. The van der Waals surface area contributed by atoms with Crippen LogP contribution >= 0.6 is 0 Å². The van der Waals surface area contributed by atoms with E-state index in [4.69, 9.17) is 23.8 Å². The van der Waals surface area contributed by atoms with Crippen LogP contribution < -0.4 is 0 Å². The highest BCUT2D eigenvalue weighted by Crippen LogP contribution is 2.41. The van der Waals surface area contributed by atoms with Gasteiger partial charge in [-0.1, -0.05) is 103 Å². The highest BCUT2D eigenvalue weighted by atomic mass is 16.3. The molecule has 0 radical (unpaired) electrons. The molecule has 0 unspecified atom stereocenters. The van der Waals surface area contributed by atoms with Crippen molar-refractivity contribution in [2.45, 2.75) is 0 Å². The minimum absolute atomic E-state index is 0.588. The van der Waals surface area contributed by atoms with E-state index in [1.54, 1.807) is 0 Å². The van der Waals surface area contributed by atoms with Gasteiger partial charge in [0.25, 0.3) is 0 Å². The highest BCUT2D eigenvalue weighted by Gasteiger charge is 2.19. The van der Waals surface area contributed by atoms with Crippen molar-refractivity contribution in [3.63, 3.8) is 0 Å². The maximum absolute atomic E-state index is 6.57. The summed E-state index contributed by atoms with van der Waals surface area (Å²) in [5, 5.41) is 6.55. The van der Waals surface area contributed by atoms with Crippen LogP contribution in [0.15, 0.2) is 191 Å². The van der Waals surface area contributed by atoms with Crippen molar-refractivity contribution in [3.05, 3.63) is 182 Å². The molecule has 6 nitrogen and oxygen atoms in total. The van der Waals surface area contributed by atoms with Gasteiger partial charge in [0, 0.05) is 54.7 Å². The quantitative estimate of drug-likeness (QED) is 0.176. The summed E-state index contributed by atoms with van der Waals surface area (Å²) in [5.74, 6) is 1.79. The molecule has 0 saturated heterocycles. The molecule has 0 spiro atoms. The number of aromatic nitrogens is 4. The maximum atomic E-state index is 6.57. The molecule has 0 amide bonds. The van der Waals surface area contributed by atoms with Gasteiger partial charge in [0.1, 0.15) is 22.3 Å². The Kier molecular flexibility index (Phi) is 6.83. The molecule has 8 aromatic carbocycles. The molecule has 0 fully saturated rings. The summed E-state index contributed by atoms with van der Waals surface area (Å²) in [6, 6.07) is 62.8. The van der Waals surface area contributed by atoms with Crippen molar-refractivity contribution in [1.29, 1.82) is 0 Å². The Balaban J connectivity index is 0.994. The van der Waals surface area contributed by atoms with E-state index in [0.717, 1.165) is 77.4 Å². The summed E-state index contributed by atoms with van der Waals surface area (Å²) in [6.45, 7) is 0. The van der Waals surface area contributed by atoms with Gasteiger partial charge in [-0.2, -0.15) is 0 Å². The lowest BCUT2D eigenvalue weighted by molar-refractivity contribution is 0.668. The van der Waals surface area contributed by atoms with Gasteiger partial charge in [0.2, 0.25) is 0 Å². The van der Waals surface area contributed by atoms with Gasteiger partial charge in [-0.05, 0) is 90.0 Å². The monoisotopic (exact) mass is 730 g/mol. The normalized spacial score (nSPS) is 11.9. The zero-order chi connectivity index (χ0) is 37.5. The van der Waals surface area contributed by atoms with Crippen LogP contribution in [-0.2, 0) is 0 Å². The Morgan fingerprint density at radius 1 is 0.333 bits per heavy atom. The second kappa shape index (κ2) is 12.3. The van der Waals surface area contributed by atoms with E-state index < -0.39 is 0 Å². The number of benzene rings is 8. The average Bonchev–Trinajstić information content (AvgIpc) is 3.95. The molecule has 266 valence electrons. The standard InChI is InChI=1S/C51H30N4O2/c1-3-12-31(13-4-1)49-52-50(33-23-26-45-40(28-33)37-16-8-10-21-44(37)56-45)54-51(53-49)34-24-27-46-41(29-34)38-25-22-32(30-47(38)57-46)36-18-11-20-43-48(36)39-17-7-9-19-42(39)55(43)35-14-5-2-6-15-35/h1-30H. The predicted molar refractivity (Wildman–Crippen MR) is 230 cm³/mol. The molecule has 0 bridgehead atoms. The first-order valence-electron chi connectivity index (χ1n) is 19.0. The van der Waals surface area contributed by atoms with Gasteiger partial charge < -0.3 is 13.4 Å². The molecule has 12 rings (SSSR count). The lowest BCUT2D eigenvalue weighted by atomic mass is 9.98. The third-order valence-corrected chi connectivity index (χ3v) is 11.1. The van der Waals surface area contributed by atoms with Gasteiger partial charge in [-0.25, -0.2) is 15.0 Å². The van der Waals surface area contributed by atoms with Gasteiger partial charge in [0.15, 0.2) is 17.5 Å². The van der Waals surface area contributed by atoms with E-state index in [0.29, 0.717) is 17.5 Å². The topological polar surface area (TPSA) is 69.9 Å². The maximum Gasteiger partial charge on any atom is 0.164 e. The van der Waals surface area contributed by atoms with Crippen LogP contribution in [0.1, 0.15) is 0 Å². The van der Waals surface area contributed by atoms with Gasteiger partial charge in [-0.3, -0.25) is 0 Å². The average molecular weight is 731 g/mol. The van der Waals surface area contributed by atoms with Crippen molar-refractivity contribution < 1.29 is 8.83 Å². The van der Waals surface area contributed by atoms with Crippen LogP contribution in [0, 0.1) is 0 Å². The van der Waals surface area contributed by atoms with E-state index in [9.17, 15) is 0 Å². The largest absolute Gasteiger partial charge is 0.456 e. The molecule has 0 saturated carbocycles. The Hall–Kier alpha value is -7.83. The van der Waals surface area contributed by atoms with E-state index in [2.05, 4.69) is 114 Å². The fourth-order valence-electron chi connectivity index (χ4n) is 8.41. The second-order valence-electron chi connectivity index (χ2n) is 14.4. The van der Waals surface area contributed by atoms with Gasteiger partial charge in [0.05, 0.1) is 11.0 Å². The van der Waals surface area contributed by atoms with Crippen LogP contribution in [0.5, 0.6) is 0 Å². The molecule has 6 heteroatoms. The number of hydrogen-bond donors (Lipinski definition) is 0. The number of para-hydroxylation sites is 3. The molecular formula is C51H30N4O2. The molecule has 0 aliphatic rings. The van der Waals surface area contributed by atoms with Crippen molar-refractivity contribution in [3.8, 4) is 51.0 Å². The summed E-state index contributed by atoms with van der Waals surface area (Å²) in [6.07, 6.45) is 0. The van der Waals surface area contributed by atoms with E-state index in [1.807, 2.05) is 72.8 Å². The fraction of sp³-hybridized carbons (Fsp3) is 0. The molecule has 4 heterocycles. The van der Waals surface area contributed by atoms with Crippen LogP contribution in [0.2, 0.25) is 0 Å². The minimum Gasteiger partial charge on any atom is -0.456 e. The third-order valence-electron chi connectivity index (χ3n) is 11.1. The van der Waals surface area contributed by atoms with Crippen LogP contribution in [0.4, 0.5) is 0 Å². The van der Waals surface area contributed by atoms with E-state index in [-0.39, 0.29) is 0 Å². The van der Waals surface area contributed by atoms with E-state index >= 15 is 0 Å². The summed E-state index contributed by atoms with van der Waals surface area (Å²) >= 11 is 0. The van der Waals surface area contributed by atoms with Crippen molar-refractivity contribution in [2.75, 3.05) is 0 Å². The molecule has 12 aromatic rings. The zero-order valence-corrected chi connectivity index (χ0v) is 30.4. The van der Waals surface area contributed by atoms with Crippen LogP contribution in [0.3, 0.4) is 0 Å². The molecular weight excluding hydrogens is 701 g/mol. The molecule has 4 aromatic heterocycles. The first-order chi connectivity index (χ1) is 28.2. The van der Waals surface area contributed by atoms with Gasteiger partial charge in [-0.15, -0.1) is 0 Å². The van der Waals surface area contributed by atoms with Crippen LogP contribution in [-0.4, -0.2) is 19.5 Å². The summed E-state index contributed by atoms with van der Waals surface area (Å²) < 4.78 is 15.0. The number of furan rings is 2. The Morgan fingerprint density at radius 3 is 1.61 bits per heavy atom. The number of hydrogen-bond acceptors (Lipinski definition) is 5. The fourth-order valence-corrected chi connectivity index (χ4v) is 8.41. The van der Waals surface area contributed by atoms with Crippen molar-refractivity contribution in [2.24, 2.45) is 0 Å². The summed E-state index contributed by atoms with van der Waals surface area (Å²) in [4.78, 5) is 15.1. The zero-order valence-electron chi connectivity index (χ0n) is 30.4. The first-order valence-corrected chi connectivity index (χ1v) is 19.0. The van der Waals surface area contributed by atoms with E-state index in [1.165, 1.54) is 21.8 Å². The predicted octanol–water partition coefficient (Wildman–Crippen LogP) is 13.4. The Labute approximate surface area is 325 Å². The SMILES string of the molecule is c1ccc(-c2nc(-c3ccc4oc5ccccc5c4c3)nc(-c3ccc4oc5cc(-c6cccc7c6c6ccccc6n7-c6ccccc6)ccc5c4c3)n2)cc1. The van der Waals surface area contributed by atoms with Crippen LogP contribution in [0.25, 0.3) is 117 Å². The van der Waals surface area contributed by atoms with Gasteiger partial charge >= 0.3 is 0 Å². The molecule has 0 aliphatic heterocycles. The third kappa shape index (κ3) is 5.01. The van der Waals surface area contributed by atoms with Crippen molar-refractivity contribution >= 4 is 65.7 Å². The Morgan fingerprint density at radius 2 is 0.877 bits per heavy atom. The number of fused-ring (bicyclic) bond motifs is 9. The smallest absolute Gasteiger partial charge is 0.164 e. The number of rotatable bonds is 5. The lowest BCUT2D eigenvalue weighted by Gasteiger charge is -2.09. The Bertz CT molecular complexity index is 3530. The second-order valence-corrected chi connectivity index (χ2v) is 14.4. The molecule has 0 N–H and O–H groups in total. The highest BCUT2D eigenvalue weighted by molar-refractivity contribution is 6.16. The number of nitrogens with zero attached hydrogens (tertiary/aromatic N) is 4.